The van der Waals surface area contributed by atoms with E-state index in [-0.39, 0.29) is 18.6 Å². The molecule has 1 saturated heterocycles. The van der Waals surface area contributed by atoms with Gasteiger partial charge in [0.1, 0.15) is 6.04 Å². The standard InChI is InChI=1S/C13H17BrN2O3/c1-15-13(18)12-8-19-5-4-16(12)11-3-2-10(14)6-9(11)7-17/h2-3,6,12,17H,4-5,7-8H2,1H3,(H,15,18). The second-order valence-corrected chi connectivity index (χ2v) is 5.25. The number of hydrogen-bond acceptors (Lipinski definition) is 4. The van der Waals surface area contributed by atoms with Crippen molar-refractivity contribution in [3.05, 3.63) is 28.2 Å². The summed E-state index contributed by atoms with van der Waals surface area (Å²) in [5.74, 6) is -0.0773. The highest BCUT2D eigenvalue weighted by Crippen LogP contribution is 2.27. The van der Waals surface area contributed by atoms with Gasteiger partial charge < -0.3 is 20.1 Å². The maximum absolute atomic E-state index is 11.9. The van der Waals surface area contributed by atoms with Crippen LogP contribution in [0.5, 0.6) is 0 Å². The average Bonchev–Trinajstić information content (AvgIpc) is 2.46. The Hall–Kier alpha value is -1.11. The summed E-state index contributed by atoms with van der Waals surface area (Å²) >= 11 is 3.39. The van der Waals surface area contributed by atoms with Gasteiger partial charge in [-0.2, -0.15) is 0 Å². The molecule has 0 radical (unpaired) electrons. The first kappa shape index (κ1) is 14.3. The van der Waals surface area contributed by atoms with E-state index < -0.39 is 0 Å². The Morgan fingerprint density at radius 1 is 1.63 bits per heavy atom. The Balaban J connectivity index is 2.34. The third-order valence-corrected chi connectivity index (χ3v) is 3.69. The van der Waals surface area contributed by atoms with Crippen LogP contribution < -0.4 is 10.2 Å². The van der Waals surface area contributed by atoms with Crippen LogP contribution >= 0.6 is 15.9 Å². The summed E-state index contributed by atoms with van der Waals surface area (Å²) in [6, 6.07) is 5.33. The lowest BCUT2D eigenvalue weighted by Crippen LogP contribution is -2.53. The fourth-order valence-corrected chi connectivity index (χ4v) is 2.65. The molecule has 1 aliphatic rings. The molecule has 19 heavy (non-hydrogen) atoms. The van der Waals surface area contributed by atoms with Crippen LogP contribution in [0, 0.1) is 0 Å². The fourth-order valence-electron chi connectivity index (χ4n) is 2.24. The Morgan fingerprint density at radius 3 is 3.11 bits per heavy atom. The zero-order chi connectivity index (χ0) is 13.8. The molecule has 1 fully saturated rings. The minimum atomic E-state index is -0.356. The number of morpholine rings is 1. The molecule has 0 saturated carbocycles. The highest BCUT2D eigenvalue weighted by Gasteiger charge is 2.30. The number of hydrogen-bond donors (Lipinski definition) is 2. The second-order valence-electron chi connectivity index (χ2n) is 4.33. The monoisotopic (exact) mass is 328 g/mol. The molecule has 1 atom stereocenters. The van der Waals surface area contributed by atoms with Gasteiger partial charge in [0.2, 0.25) is 5.91 Å². The van der Waals surface area contributed by atoms with Gasteiger partial charge in [0.05, 0.1) is 19.8 Å². The third kappa shape index (κ3) is 3.08. The van der Waals surface area contributed by atoms with Crippen molar-refractivity contribution in [3.8, 4) is 0 Å². The van der Waals surface area contributed by atoms with Crippen molar-refractivity contribution in [2.45, 2.75) is 12.6 Å². The topological polar surface area (TPSA) is 61.8 Å². The van der Waals surface area contributed by atoms with Gasteiger partial charge in [-0.25, -0.2) is 0 Å². The molecule has 1 amide bonds. The van der Waals surface area contributed by atoms with Gasteiger partial charge in [-0.1, -0.05) is 15.9 Å². The van der Waals surface area contributed by atoms with Gasteiger partial charge in [-0.05, 0) is 18.2 Å². The average molecular weight is 329 g/mol. The Morgan fingerprint density at radius 2 is 2.42 bits per heavy atom. The van der Waals surface area contributed by atoms with E-state index >= 15 is 0 Å². The summed E-state index contributed by atoms with van der Waals surface area (Å²) in [6.45, 7) is 1.51. The molecule has 2 N–H and O–H groups in total. The number of carbonyl (C=O) groups is 1. The lowest BCUT2D eigenvalue weighted by atomic mass is 10.1. The number of benzene rings is 1. The van der Waals surface area contributed by atoms with E-state index in [2.05, 4.69) is 21.2 Å². The first-order valence-electron chi connectivity index (χ1n) is 6.12. The number of anilines is 1. The summed E-state index contributed by atoms with van der Waals surface area (Å²) < 4.78 is 6.29. The molecule has 0 aromatic heterocycles. The van der Waals surface area contributed by atoms with Crippen molar-refractivity contribution >= 4 is 27.5 Å². The molecular weight excluding hydrogens is 312 g/mol. The van der Waals surface area contributed by atoms with Gasteiger partial charge in [-0.3, -0.25) is 4.79 Å². The number of ether oxygens (including phenoxy) is 1. The minimum absolute atomic E-state index is 0.0629. The zero-order valence-corrected chi connectivity index (χ0v) is 12.3. The summed E-state index contributed by atoms with van der Waals surface area (Å²) in [7, 11) is 1.61. The van der Waals surface area contributed by atoms with Gasteiger partial charge in [0.15, 0.2) is 0 Å². The van der Waals surface area contributed by atoms with Crippen molar-refractivity contribution in [2.75, 3.05) is 31.7 Å². The van der Waals surface area contributed by atoms with Gasteiger partial charge in [0, 0.05) is 29.3 Å². The van der Waals surface area contributed by atoms with E-state index in [0.717, 1.165) is 15.7 Å². The van der Waals surface area contributed by atoms with E-state index in [9.17, 15) is 9.90 Å². The number of aliphatic hydroxyl groups is 1. The molecule has 0 bridgehead atoms. The van der Waals surface area contributed by atoms with Crippen LogP contribution in [0.1, 0.15) is 5.56 Å². The van der Waals surface area contributed by atoms with Gasteiger partial charge in [-0.15, -0.1) is 0 Å². The number of halogens is 1. The molecule has 1 unspecified atom stereocenters. The predicted molar refractivity (Wildman–Crippen MR) is 76.1 cm³/mol. The highest BCUT2D eigenvalue weighted by atomic mass is 79.9. The molecule has 1 aromatic rings. The van der Waals surface area contributed by atoms with Crippen LogP contribution in [0.3, 0.4) is 0 Å². The SMILES string of the molecule is CNC(=O)C1COCCN1c1ccc(Br)cc1CO. The lowest BCUT2D eigenvalue weighted by Gasteiger charge is -2.37. The smallest absolute Gasteiger partial charge is 0.244 e. The summed E-state index contributed by atoms with van der Waals surface area (Å²) in [5, 5.41) is 12.1. The van der Waals surface area contributed by atoms with E-state index in [1.807, 2.05) is 23.1 Å². The third-order valence-electron chi connectivity index (χ3n) is 3.20. The van der Waals surface area contributed by atoms with Crippen LogP contribution in [-0.2, 0) is 16.1 Å². The number of carbonyl (C=O) groups excluding carboxylic acids is 1. The second kappa shape index (κ2) is 6.36. The van der Waals surface area contributed by atoms with Gasteiger partial charge in [0.25, 0.3) is 0 Å². The maximum atomic E-state index is 11.9. The molecule has 104 valence electrons. The van der Waals surface area contributed by atoms with Crippen LogP contribution in [-0.4, -0.2) is 43.9 Å². The first-order valence-corrected chi connectivity index (χ1v) is 6.92. The van der Waals surface area contributed by atoms with Crippen molar-refractivity contribution in [3.63, 3.8) is 0 Å². The number of aliphatic hydroxyl groups excluding tert-OH is 1. The molecule has 1 aliphatic heterocycles. The number of rotatable bonds is 3. The zero-order valence-electron chi connectivity index (χ0n) is 10.7. The van der Waals surface area contributed by atoms with E-state index in [4.69, 9.17) is 4.74 Å². The van der Waals surface area contributed by atoms with Crippen molar-refractivity contribution in [1.82, 2.24) is 5.32 Å². The van der Waals surface area contributed by atoms with E-state index in [1.165, 1.54) is 0 Å². The molecule has 2 rings (SSSR count). The lowest BCUT2D eigenvalue weighted by molar-refractivity contribution is -0.124. The van der Waals surface area contributed by atoms with Crippen molar-refractivity contribution < 1.29 is 14.6 Å². The molecule has 5 nitrogen and oxygen atoms in total. The Kier molecular flexibility index (Phi) is 4.79. The van der Waals surface area contributed by atoms with Crippen LogP contribution in [0.4, 0.5) is 5.69 Å². The number of likely N-dealkylation sites (N-methyl/N-ethyl adjacent to an activating group) is 1. The quantitative estimate of drug-likeness (QED) is 0.865. The summed E-state index contributed by atoms with van der Waals surface area (Å²) in [6.07, 6.45) is 0. The molecular formula is C13H17BrN2O3. The molecule has 1 aromatic carbocycles. The highest BCUT2D eigenvalue weighted by molar-refractivity contribution is 9.10. The van der Waals surface area contributed by atoms with E-state index in [1.54, 1.807) is 7.05 Å². The van der Waals surface area contributed by atoms with Gasteiger partial charge >= 0.3 is 0 Å². The molecule has 0 aliphatic carbocycles. The predicted octanol–water partition coefficient (Wildman–Crippen LogP) is 0.893. The van der Waals surface area contributed by atoms with Crippen molar-refractivity contribution in [1.29, 1.82) is 0 Å². The number of nitrogens with zero attached hydrogens (tertiary/aromatic N) is 1. The normalized spacial score (nSPS) is 19.3. The summed E-state index contributed by atoms with van der Waals surface area (Å²) in [5.41, 5.74) is 1.67. The van der Waals surface area contributed by atoms with Crippen molar-refractivity contribution in [2.24, 2.45) is 0 Å². The molecule has 1 heterocycles. The van der Waals surface area contributed by atoms with Crippen LogP contribution in [0.15, 0.2) is 22.7 Å². The first-order chi connectivity index (χ1) is 9.17. The maximum Gasteiger partial charge on any atom is 0.244 e. The van der Waals surface area contributed by atoms with Crippen LogP contribution in [0.2, 0.25) is 0 Å². The Labute approximate surface area is 120 Å². The fraction of sp³-hybridized carbons (Fsp3) is 0.462. The minimum Gasteiger partial charge on any atom is -0.392 e. The number of nitrogens with one attached hydrogen (secondary N) is 1. The summed E-state index contributed by atoms with van der Waals surface area (Å²) in [4.78, 5) is 13.9. The van der Waals surface area contributed by atoms with E-state index in [0.29, 0.717) is 19.8 Å². The number of amides is 1. The molecule has 0 spiro atoms. The largest absolute Gasteiger partial charge is 0.392 e. The van der Waals surface area contributed by atoms with Crippen LogP contribution in [0.25, 0.3) is 0 Å². The Bertz CT molecular complexity index is 467. The molecule has 6 heteroatoms.